The first-order valence-electron chi connectivity index (χ1n) is 25.0. The third-order valence-electron chi connectivity index (χ3n) is 13.5. The van der Waals surface area contributed by atoms with E-state index in [-0.39, 0.29) is 28.5 Å². The number of piperidine rings is 2. The van der Waals surface area contributed by atoms with Gasteiger partial charge in [0.2, 0.25) is 0 Å². The van der Waals surface area contributed by atoms with Gasteiger partial charge < -0.3 is 24.0 Å². The summed E-state index contributed by atoms with van der Waals surface area (Å²) in [5, 5.41) is 17.7. The number of nitrogen functional groups attached to an aromatic ring is 1. The van der Waals surface area contributed by atoms with E-state index in [4.69, 9.17) is 24.0 Å². The van der Waals surface area contributed by atoms with Gasteiger partial charge in [0.05, 0.1) is 4.92 Å². The molecule has 0 unspecified atom stereocenters. The molecular weight excluding hydrogens is 909 g/mol. The third kappa shape index (κ3) is 12.1. The van der Waals surface area contributed by atoms with E-state index in [1.807, 2.05) is 115 Å². The number of fused-ring (bicyclic) bond motifs is 4. The Labute approximate surface area is 419 Å². The highest BCUT2D eigenvalue weighted by Gasteiger charge is 2.28. The Balaban J connectivity index is 0.000000178. The molecule has 2 N–H and O–H groups in total. The number of hydrogen-bond acceptors (Lipinski definition) is 13. The van der Waals surface area contributed by atoms with E-state index in [1.165, 1.54) is 0 Å². The fourth-order valence-electron chi connectivity index (χ4n) is 10.0. The van der Waals surface area contributed by atoms with Crippen LogP contribution in [0.25, 0.3) is 66.1 Å². The summed E-state index contributed by atoms with van der Waals surface area (Å²) in [5.74, 6) is 1.87. The minimum absolute atomic E-state index is 0.0898. The molecule has 0 bridgehead atoms. The lowest BCUT2D eigenvalue weighted by atomic mass is 9.93. The molecule has 0 saturated carbocycles. The molecule has 2 aliphatic heterocycles. The van der Waals surface area contributed by atoms with Gasteiger partial charge in [0.25, 0.3) is 5.69 Å². The minimum atomic E-state index is -0.483. The number of carbonyl (C=O) groups excluding carboxylic acids is 2. The summed E-state index contributed by atoms with van der Waals surface area (Å²) in [6.45, 7) is 16.0. The lowest BCUT2D eigenvalue weighted by molar-refractivity contribution is -0.385. The molecule has 6 heterocycles. The van der Waals surface area contributed by atoms with Crippen LogP contribution in [0.2, 0.25) is 0 Å². The van der Waals surface area contributed by atoms with Crippen LogP contribution in [0, 0.1) is 22.0 Å². The predicted molar refractivity (Wildman–Crippen MR) is 282 cm³/mol. The smallest absolute Gasteiger partial charge is 0.306 e. The van der Waals surface area contributed by atoms with Crippen molar-refractivity contribution >= 4 is 66.8 Å². The summed E-state index contributed by atoms with van der Waals surface area (Å²) in [5.41, 5.74) is 11.6. The molecule has 10 rings (SSSR count). The lowest BCUT2D eigenvalue weighted by Crippen LogP contribution is -2.35. The van der Waals surface area contributed by atoms with Gasteiger partial charge in [0, 0.05) is 101 Å². The second-order valence-corrected chi connectivity index (χ2v) is 21.4. The molecule has 2 saturated heterocycles. The maximum atomic E-state index is 12.2. The lowest BCUT2D eigenvalue weighted by Gasteiger charge is -2.32. The number of para-hydroxylation sites is 2. The summed E-state index contributed by atoms with van der Waals surface area (Å²) >= 11 is 0. The number of hydrogen-bond donors (Lipinski definition) is 1. The monoisotopic (exact) mass is 972 g/mol. The summed E-state index contributed by atoms with van der Waals surface area (Å²) in [7, 11) is 0. The van der Waals surface area contributed by atoms with Crippen LogP contribution in [-0.2, 0) is 32.2 Å². The Bertz CT molecular complexity index is 3190. The highest BCUT2D eigenvalue weighted by Crippen LogP contribution is 2.38. The Hall–Kier alpha value is -7.16. The summed E-state index contributed by atoms with van der Waals surface area (Å²) < 4.78 is 23.2. The van der Waals surface area contributed by atoms with Crippen molar-refractivity contribution in [3.05, 3.63) is 131 Å². The number of carbonyl (C=O) groups is 2. The van der Waals surface area contributed by atoms with E-state index in [0.717, 1.165) is 125 Å². The van der Waals surface area contributed by atoms with Crippen molar-refractivity contribution in [2.24, 2.45) is 11.8 Å². The zero-order valence-corrected chi connectivity index (χ0v) is 42.1. The van der Waals surface area contributed by atoms with Crippen LogP contribution in [0.4, 0.5) is 11.4 Å². The van der Waals surface area contributed by atoms with E-state index in [2.05, 4.69) is 38.0 Å². The Kier molecular flexibility index (Phi) is 14.5. The number of ether oxygens (including phenoxy) is 2. The number of furan rings is 2. The molecule has 0 radical (unpaired) electrons. The third-order valence-corrected chi connectivity index (χ3v) is 13.5. The molecule has 0 spiro atoms. The number of benzene rings is 4. The number of nitrogens with two attached hydrogens (primary N) is 1. The van der Waals surface area contributed by atoms with E-state index < -0.39 is 11.2 Å². The second kappa shape index (κ2) is 20.9. The molecule has 374 valence electrons. The second-order valence-electron chi connectivity index (χ2n) is 21.4. The van der Waals surface area contributed by atoms with Crippen LogP contribution >= 0.6 is 0 Å². The van der Waals surface area contributed by atoms with E-state index in [9.17, 15) is 19.7 Å². The summed E-state index contributed by atoms with van der Waals surface area (Å²) in [6, 6.07) is 27.6. The average molecular weight is 973 g/mol. The van der Waals surface area contributed by atoms with Crippen LogP contribution in [0.3, 0.4) is 0 Å². The molecule has 0 amide bonds. The maximum Gasteiger partial charge on any atom is 0.306 e. The number of aromatic nitrogens is 2. The van der Waals surface area contributed by atoms with Crippen LogP contribution in [0.1, 0.15) is 91.2 Å². The SMILES string of the molecule is CC(C)(C)OC(=O)CC1CCN(Cc2cc3c(-c4cc5ccccc5o4)cncc3cc2N)CC1.CC(C)(C)OC(=O)CC1CCN(Cc2cc3c(-c4cc5ccccc5o4)cncc3cc2[N+](=O)[O-])CC1. The first-order chi connectivity index (χ1) is 34.4. The zero-order valence-electron chi connectivity index (χ0n) is 42.1. The molecular formula is C58H64N6O8. The summed E-state index contributed by atoms with van der Waals surface area (Å²) in [6.07, 6.45) is 11.7. The Morgan fingerprint density at radius 3 is 1.50 bits per heavy atom. The molecule has 0 aliphatic carbocycles. The molecule has 8 aromatic rings. The van der Waals surface area contributed by atoms with Crippen molar-refractivity contribution in [3.63, 3.8) is 0 Å². The molecule has 14 nitrogen and oxygen atoms in total. The number of nitrogens with zero attached hydrogens (tertiary/aromatic N) is 5. The number of nitro groups is 1. The van der Waals surface area contributed by atoms with Gasteiger partial charge in [-0.3, -0.25) is 39.5 Å². The highest BCUT2D eigenvalue weighted by molar-refractivity contribution is 6.00. The van der Waals surface area contributed by atoms with Crippen LogP contribution < -0.4 is 5.73 Å². The maximum absolute atomic E-state index is 12.2. The van der Waals surface area contributed by atoms with Crippen LogP contribution in [0.5, 0.6) is 0 Å². The van der Waals surface area contributed by atoms with Gasteiger partial charge >= 0.3 is 11.9 Å². The predicted octanol–water partition coefficient (Wildman–Crippen LogP) is 12.7. The van der Waals surface area contributed by atoms with Gasteiger partial charge in [-0.1, -0.05) is 36.4 Å². The molecule has 72 heavy (non-hydrogen) atoms. The fourth-order valence-corrected chi connectivity index (χ4v) is 10.0. The first-order valence-corrected chi connectivity index (χ1v) is 25.0. The van der Waals surface area contributed by atoms with Crippen molar-refractivity contribution in [1.29, 1.82) is 0 Å². The van der Waals surface area contributed by atoms with E-state index in [1.54, 1.807) is 18.5 Å². The van der Waals surface area contributed by atoms with E-state index >= 15 is 0 Å². The van der Waals surface area contributed by atoms with Crippen molar-refractivity contribution < 1.29 is 32.8 Å². The van der Waals surface area contributed by atoms with Crippen molar-refractivity contribution in [1.82, 2.24) is 19.8 Å². The summed E-state index contributed by atoms with van der Waals surface area (Å²) in [4.78, 5) is 49.5. The van der Waals surface area contributed by atoms with Crippen LogP contribution in [0.15, 0.2) is 119 Å². The topological polar surface area (TPSA) is 180 Å². The molecule has 4 aromatic carbocycles. The van der Waals surface area contributed by atoms with Gasteiger partial charge in [-0.05, 0) is 164 Å². The van der Waals surface area contributed by atoms with Crippen molar-refractivity contribution in [2.75, 3.05) is 31.9 Å². The van der Waals surface area contributed by atoms with Crippen LogP contribution in [-0.4, -0.2) is 74.0 Å². The van der Waals surface area contributed by atoms with Gasteiger partial charge in [0.1, 0.15) is 33.9 Å². The van der Waals surface area contributed by atoms with Crippen molar-refractivity contribution in [2.45, 2.75) is 104 Å². The normalized spacial score (nSPS) is 15.5. The first kappa shape index (κ1) is 49.8. The Morgan fingerprint density at radius 2 is 1.06 bits per heavy atom. The number of nitro benzene ring substituents is 1. The number of pyridine rings is 2. The van der Waals surface area contributed by atoms with Gasteiger partial charge in [-0.25, -0.2) is 0 Å². The van der Waals surface area contributed by atoms with Gasteiger partial charge in [-0.15, -0.1) is 0 Å². The quantitative estimate of drug-likeness (QED) is 0.0560. The molecule has 0 atom stereocenters. The largest absolute Gasteiger partial charge is 0.460 e. The number of rotatable bonds is 11. The standard InChI is InChI=1S/C29H31N3O5.C29H33N3O3/c1-29(2,3)37-28(33)12-19-8-10-31(11-9-19)18-22-13-23-21(14-25(22)32(34)35)16-30-17-24(23)27-15-20-6-4-5-7-26(20)36-27;1-29(2,3)35-28(33)12-19-8-10-32(11-9-19)18-22-13-23-21(14-25(22)30)16-31-17-24(23)27-15-20-6-4-5-7-26(20)34-27/h4-7,13-17,19H,8-12,18H2,1-3H3;4-7,13-17,19H,8-12,18,30H2,1-3H3. The zero-order chi connectivity index (χ0) is 50.7. The molecule has 4 aromatic heterocycles. The average Bonchev–Trinajstić information content (AvgIpc) is 3.97. The Morgan fingerprint density at radius 1 is 0.625 bits per heavy atom. The number of anilines is 1. The highest BCUT2D eigenvalue weighted by atomic mass is 16.6. The number of likely N-dealkylation sites (tertiary alicyclic amines) is 2. The van der Waals surface area contributed by atoms with Gasteiger partial charge in [-0.2, -0.15) is 0 Å². The molecule has 14 heteroatoms. The fraction of sp³-hybridized carbons (Fsp3) is 0.379. The molecule has 2 aliphatic rings. The van der Waals surface area contributed by atoms with E-state index in [0.29, 0.717) is 42.0 Å². The van der Waals surface area contributed by atoms with Gasteiger partial charge in [0.15, 0.2) is 0 Å². The van der Waals surface area contributed by atoms with Crippen molar-refractivity contribution in [3.8, 4) is 22.6 Å². The molecule has 2 fully saturated rings. The minimum Gasteiger partial charge on any atom is -0.460 e. The number of esters is 2.